The molecule has 0 bridgehead atoms. The lowest BCUT2D eigenvalue weighted by atomic mass is 10.2. The first-order valence-electron chi connectivity index (χ1n) is 9.90. The number of nitrogens with zero attached hydrogens (tertiary/aromatic N) is 4. The van der Waals surface area contributed by atoms with E-state index in [4.69, 9.17) is 9.97 Å². The molecule has 9 heteroatoms. The molecule has 1 atom stereocenters. The number of anilines is 1. The zero-order chi connectivity index (χ0) is 22.2. The summed E-state index contributed by atoms with van der Waals surface area (Å²) in [6.45, 7) is 1.75. The summed E-state index contributed by atoms with van der Waals surface area (Å²) in [5.74, 6) is -0.350. The molecular formula is C23H17N5O3S. The molecule has 2 heterocycles. The number of hydrogen-bond acceptors (Lipinski definition) is 6. The molecule has 1 unspecified atom stereocenters. The number of fused-ring (bicyclic) bond motifs is 5. The Bertz CT molecular complexity index is 1510. The lowest BCUT2D eigenvalue weighted by Gasteiger charge is -2.14. The van der Waals surface area contributed by atoms with E-state index >= 15 is 0 Å². The number of hydrogen-bond donors (Lipinski definition) is 1. The molecule has 0 spiro atoms. The Kier molecular flexibility index (Phi) is 4.95. The third kappa shape index (κ3) is 3.42. The molecule has 0 fully saturated rings. The van der Waals surface area contributed by atoms with Crippen molar-refractivity contribution in [1.29, 1.82) is 0 Å². The Labute approximate surface area is 186 Å². The van der Waals surface area contributed by atoms with Gasteiger partial charge in [-0.05, 0) is 37.3 Å². The lowest BCUT2D eigenvalue weighted by molar-refractivity contribution is -0.383. The van der Waals surface area contributed by atoms with Crippen molar-refractivity contribution in [3.8, 4) is 0 Å². The predicted octanol–water partition coefficient (Wildman–Crippen LogP) is 5.06. The molecule has 3 aromatic carbocycles. The highest BCUT2D eigenvalue weighted by molar-refractivity contribution is 8.00. The second kappa shape index (κ2) is 7.93. The smallest absolute Gasteiger partial charge is 0.292 e. The van der Waals surface area contributed by atoms with Gasteiger partial charge < -0.3 is 5.32 Å². The maximum absolute atomic E-state index is 12.9. The molecule has 0 saturated heterocycles. The van der Waals surface area contributed by atoms with E-state index < -0.39 is 10.2 Å². The van der Waals surface area contributed by atoms with Gasteiger partial charge in [0, 0.05) is 11.5 Å². The standard InChI is InChI=1S/C23H17N5O3S/c1-14(22(29)25-18-11-5-7-13-20(18)28(30)31)32-23-26-16-9-3-2-8-15(16)21-24-17-10-4-6-12-19(17)27(21)23/h2-14H,1H3,(H,25,29). The topological polar surface area (TPSA) is 102 Å². The van der Waals surface area contributed by atoms with Gasteiger partial charge in [0.25, 0.3) is 5.69 Å². The fourth-order valence-corrected chi connectivity index (χ4v) is 4.50. The van der Waals surface area contributed by atoms with Crippen molar-refractivity contribution >= 4 is 56.6 Å². The second-order valence-electron chi connectivity index (χ2n) is 7.19. The maximum atomic E-state index is 12.9. The molecule has 5 aromatic rings. The van der Waals surface area contributed by atoms with Crippen molar-refractivity contribution in [2.45, 2.75) is 17.3 Å². The van der Waals surface area contributed by atoms with Gasteiger partial charge in [0.05, 0.1) is 26.7 Å². The Hall–Kier alpha value is -3.98. The quantitative estimate of drug-likeness (QED) is 0.176. The predicted molar refractivity (Wildman–Crippen MR) is 125 cm³/mol. The van der Waals surface area contributed by atoms with Gasteiger partial charge >= 0.3 is 0 Å². The molecule has 158 valence electrons. The number of carbonyl (C=O) groups is 1. The fraction of sp³-hybridized carbons (Fsp3) is 0.0870. The number of nitro groups is 1. The van der Waals surface area contributed by atoms with Crippen LogP contribution in [0.3, 0.4) is 0 Å². The first-order valence-corrected chi connectivity index (χ1v) is 10.8. The summed E-state index contributed by atoms with van der Waals surface area (Å²) in [6, 6.07) is 21.6. The van der Waals surface area contributed by atoms with Crippen molar-refractivity contribution in [1.82, 2.24) is 14.4 Å². The number of aromatic nitrogens is 3. The SMILES string of the molecule is CC(Sc1nc2ccccc2c2nc3ccccc3n12)C(=O)Nc1ccccc1[N+](=O)[O-]. The Balaban J connectivity index is 1.55. The summed E-state index contributed by atoms with van der Waals surface area (Å²) in [5, 5.41) is 14.9. The first kappa shape index (κ1) is 20.0. The first-order chi connectivity index (χ1) is 15.5. The summed E-state index contributed by atoms with van der Waals surface area (Å²) >= 11 is 1.28. The Morgan fingerprint density at radius 3 is 2.50 bits per heavy atom. The van der Waals surface area contributed by atoms with Crippen molar-refractivity contribution < 1.29 is 9.72 Å². The van der Waals surface area contributed by atoms with Crippen molar-refractivity contribution in [3.05, 3.63) is 82.9 Å². The summed E-state index contributed by atoms with van der Waals surface area (Å²) < 4.78 is 1.96. The van der Waals surface area contributed by atoms with Gasteiger partial charge in [-0.2, -0.15) is 0 Å². The molecule has 0 saturated carbocycles. The number of imidazole rings is 1. The number of thioether (sulfide) groups is 1. The minimum atomic E-state index is -0.562. The summed E-state index contributed by atoms with van der Waals surface area (Å²) in [7, 11) is 0. The number of nitro benzene ring substituents is 1. The molecule has 32 heavy (non-hydrogen) atoms. The molecule has 8 nitrogen and oxygen atoms in total. The minimum absolute atomic E-state index is 0.148. The zero-order valence-corrected chi connectivity index (χ0v) is 17.7. The molecule has 0 aliphatic heterocycles. The molecule has 0 radical (unpaired) electrons. The van der Waals surface area contributed by atoms with Crippen LogP contribution in [0.1, 0.15) is 6.92 Å². The summed E-state index contributed by atoms with van der Waals surface area (Å²) in [4.78, 5) is 33.2. The Morgan fingerprint density at radius 1 is 1.00 bits per heavy atom. The Morgan fingerprint density at radius 2 is 1.69 bits per heavy atom. The van der Waals surface area contributed by atoms with E-state index in [9.17, 15) is 14.9 Å². The van der Waals surface area contributed by atoms with Crippen LogP contribution in [0.25, 0.3) is 27.6 Å². The highest BCUT2D eigenvalue weighted by Crippen LogP contribution is 2.31. The van der Waals surface area contributed by atoms with Crippen LogP contribution < -0.4 is 5.32 Å². The summed E-state index contributed by atoms with van der Waals surface area (Å²) in [6.07, 6.45) is 0. The number of benzene rings is 3. The van der Waals surface area contributed by atoms with E-state index in [1.807, 2.05) is 52.9 Å². The number of amides is 1. The van der Waals surface area contributed by atoms with E-state index in [-0.39, 0.29) is 17.3 Å². The van der Waals surface area contributed by atoms with Crippen molar-refractivity contribution in [2.75, 3.05) is 5.32 Å². The number of para-hydroxylation sites is 5. The van der Waals surface area contributed by atoms with Crippen LogP contribution in [-0.2, 0) is 4.79 Å². The van der Waals surface area contributed by atoms with Gasteiger partial charge in [0.15, 0.2) is 5.16 Å². The number of nitrogens with one attached hydrogen (secondary N) is 1. The normalized spacial score (nSPS) is 12.3. The molecule has 5 rings (SSSR count). The van der Waals surface area contributed by atoms with Gasteiger partial charge in [-0.3, -0.25) is 19.3 Å². The molecule has 0 aliphatic rings. The monoisotopic (exact) mass is 443 g/mol. The number of carbonyl (C=O) groups excluding carboxylic acids is 1. The van der Waals surface area contributed by atoms with Crippen LogP contribution in [0.5, 0.6) is 0 Å². The van der Waals surface area contributed by atoms with Crippen molar-refractivity contribution in [2.24, 2.45) is 0 Å². The van der Waals surface area contributed by atoms with E-state index in [2.05, 4.69) is 5.32 Å². The van der Waals surface area contributed by atoms with E-state index in [1.54, 1.807) is 19.1 Å². The van der Waals surface area contributed by atoms with E-state index in [1.165, 1.54) is 23.9 Å². The second-order valence-corrected chi connectivity index (χ2v) is 8.50. The molecule has 0 aliphatic carbocycles. The van der Waals surface area contributed by atoms with Gasteiger partial charge in [-0.1, -0.05) is 48.2 Å². The van der Waals surface area contributed by atoms with Crippen molar-refractivity contribution in [3.63, 3.8) is 0 Å². The van der Waals surface area contributed by atoms with Crippen LogP contribution in [0.15, 0.2) is 78.0 Å². The largest absolute Gasteiger partial charge is 0.319 e. The summed E-state index contributed by atoms with van der Waals surface area (Å²) in [5.41, 5.74) is 3.30. The highest BCUT2D eigenvalue weighted by atomic mass is 32.2. The van der Waals surface area contributed by atoms with E-state index in [0.29, 0.717) is 5.16 Å². The van der Waals surface area contributed by atoms with E-state index in [0.717, 1.165) is 27.6 Å². The highest BCUT2D eigenvalue weighted by Gasteiger charge is 2.22. The maximum Gasteiger partial charge on any atom is 0.292 e. The average molecular weight is 443 g/mol. The van der Waals surface area contributed by atoms with Gasteiger partial charge in [0.2, 0.25) is 5.91 Å². The van der Waals surface area contributed by atoms with Gasteiger partial charge in [-0.15, -0.1) is 0 Å². The van der Waals surface area contributed by atoms with Crippen LogP contribution in [0, 0.1) is 10.1 Å². The van der Waals surface area contributed by atoms with Crippen LogP contribution in [0.4, 0.5) is 11.4 Å². The molecule has 2 aromatic heterocycles. The minimum Gasteiger partial charge on any atom is -0.319 e. The fourth-order valence-electron chi connectivity index (χ4n) is 3.58. The average Bonchev–Trinajstić information content (AvgIpc) is 3.19. The van der Waals surface area contributed by atoms with Gasteiger partial charge in [-0.25, -0.2) is 9.97 Å². The molecular weight excluding hydrogens is 426 g/mol. The number of rotatable bonds is 5. The molecule has 1 N–H and O–H groups in total. The van der Waals surface area contributed by atoms with Crippen LogP contribution in [0.2, 0.25) is 0 Å². The van der Waals surface area contributed by atoms with Crippen LogP contribution in [-0.4, -0.2) is 30.4 Å². The zero-order valence-electron chi connectivity index (χ0n) is 16.9. The lowest BCUT2D eigenvalue weighted by Crippen LogP contribution is -2.23. The third-order valence-corrected chi connectivity index (χ3v) is 6.18. The van der Waals surface area contributed by atoms with Gasteiger partial charge in [0.1, 0.15) is 11.3 Å². The molecule has 1 amide bonds. The van der Waals surface area contributed by atoms with Crippen LogP contribution >= 0.6 is 11.8 Å². The third-order valence-electron chi connectivity index (χ3n) is 5.12.